The third kappa shape index (κ3) is 4.11. The second-order valence-corrected chi connectivity index (χ2v) is 9.69. The molecule has 0 aliphatic heterocycles. The molecule has 0 spiro atoms. The Labute approximate surface area is 188 Å². The van der Waals surface area contributed by atoms with Crippen molar-refractivity contribution in [2.45, 2.75) is 13.8 Å². The van der Waals surface area contributed by atoms with Crippen LogP contribution in [0.4, 0.5) is 5.69 Å². The van der Waals surface area contributed by atoms with Gasteiger partial charge in [0.1, 0.15) is 5.69 Å². The van der Waals surface area contributed by atoms with Crippen LogP contribution in [0.25, 0.3) is 21.5 Å². The number of rotatable bonds is 2. The zero-order valence-corrected chi connectivity index (χ0v) is 20.1. The first-order valence-electron chi connectivity index (χ1n) is 9.48. The van der Waals surface area contributed by atoms with Gasteiger partial charge in [-0.2, -0.15) is 0 Å². The van der Waals surface area contributed by atoms with E-state index in [1.54, 1.807) is 6.07 Å². The molecule has 11 heteroatoms. The van der Waals surface area contributed by atoms with Crippen molar-refractivity contribution in [3.63, 3.8) is 0 Å². The fraction of sp³-hybridized carbons (Fsp3) is 0.286. The normalized spacial score (nSPS) is 12.7. The molecule has 0 bridgehead atoms. The maximum absolute atomic E-state index is 13.3. The number of aryl methyl sites for hydroxylation is 1. The molecule has 2 aromatic carbocycles. The number of thiazole rings is 1. The Bertz CT molecular complexity index is 1600. The van der Waals surface area contributed by atoms with Gasteiger partial charge in [-0.1, -0.05) is 23.5 Å². The summed E-state index contributed by atoms with van der Waals surface area (Å²) in [4.78, 5) is 30.2. The van der Waals surface area contributed by atoms with E-state index in [4.69, 9.17) is 0 Å². The third-order valence-corrected chi connectivity index (χ3v) is 6.95. The molecule has 4 aromatic rings. The lowest BCUT2D eigenvalue weighted by Gasteiger charge is -2.16. The number of nitrogens with zero attached hydrogens (tertiary/aromatic N) is 3. The van der Waals surface area contributed by atoms with Crippen molar-refractivity contribution in [2.24, 2.45) is 7.05 Å². The van der Waals surface area contributed by atoms with Gasteiger partial charge in [0.25, 0.3) is 0 Å². The number of hydrogen-bond donors (Lipinski definition) is 0. The zero-order chi connectivity index (χ0) is 24.0. The summed E-state index contributed by atoms with van der Waals surface area (Å²) in [6, 6.07) is 9.42. The van der Waals surface area contributed by atoms with E-state index in [0.29, 0.717) is 15.6 Å². The van der Waals surface area contributed by atoms with Gasteiger partial charge < -0.3 is 9.45 Å². The summed E-state index contributed by atoms with van der Waals surface area (Å²) in [5.74, 6) is 0. The van der Waals surface area contributed by atoms with Gasteiger partial charge in [0.05, 0.1) is 29.8 Å². The minimum atomic E-state index is -4.41. The fourth-order valence-electron chi connectivity index (χ4n) is 3.50. The Morgan fingerprint density at radius 2 is 1.56 bits per heavy atom. The number of benzene rings is 2. The summed E-state index contributed by atoms with van der Waals surface area (Å²) < 4.78 is 34.2. The van der Waals surface area contributed by atoms with Crippen LogP contribution in [0.3, 0.4) is 0 Å². The van der Waals surface area contributed by atoms with E-state index < -0.39 is 10.4 Å². The molecule has 9 nitrogen and oxygen atoms in total. The van der Waals surface area contributed by atoms with Crippen LogP contribution in [0.1, 0.15) is 10.6 Å². The molecule has 0 atom stereocenters. The molecular weight excluding hydrogens is 454 g/mol. The van der Waals surface area contributed by atoms with Crippen molar-refractivity contribution in [1.29, 1.82) is 0 Å². The van der Waals surface area contributed by atoms with E-state index in [1.807, 2.05) is 68.7 Å². The Morgan fingerprint density at radius 3 is 2.03 bits per heavy atom. The van der Waals surface area contributed by atoms with Crippen molar-refractivity contribution in [3.8, 4) is 0 Å². The molecule has 0 radical (unpaired) electrons. The summed E-state index contributed by atoms with van der Waals surface area (Å²) in [6.07, 6.45) is 0. The third-order valence-electron chi connectivity index (χ3n) is 5.31. The Morgan fingerprint density at radius 1 is 1.03 bits per heavy atom. The molecule has 0 amide bonds. The van der Waals surface area contributed by atoms with Crippen LogP contribution in [0.2, 0.25) is 0 Å². The van der Waals surface area contributed by atoms with Crippen molar-refractivity contribution in [1.82, 2.24) is 4.57 Å². The lowest BCUT2D eigenvalue weighted by Crippen LogP contribution is -2.51. The first kappa shape index (κ1) is 23.8. The van der Waals surface area contributed by atoms with Gasteiger partial charge in [0, 0.05) is 30.6 Å². The molecule has 0 unspecified atom stereocenters. The second kappa shape index (κ2) is 8.58. The molecule has 0 saturated heterocycles. The maximum atomic E-state index is 13.3. The lowest BCUT2D eigenvalue weighted by molar-refractivity contribution is -0.540. The van der Waals surface area contributed by atoms with Crippen LogP contribution >= 0.6 is 11.3 Å². The molecule has 32 heavy (non-hydrogen) atoms. The fourth-order valence-corrected chi connectivity index (χ4v) is 4.59. The van der Waals surface area contributed by atoms with E-state index in [-0.39, 0.29) is 11.1 Å². The molecule has 0 fully saturated rings. The van der Waals surface area contributed by atoms with Gasteiger partial charge in [-0.3, -0.25) is 4.18 Å². The van der Waals surface area contributed by atoms with Crippen LogP contribution < -0.4 is 20.3 Å². The number of anilines is 1. The van der Waals surface area contributed by atoms with Crippen molar-refractivity contribution in [2.75, 3.05) is 26.1 Å². The maximum Gasteiger partial charge on any atom is 0.351 e. The minimum Gasteiger partial charge on any atom is -0.726 e. The smallest absolute Gasteiger partial charge is 0.351 e. The zero-order valence-electron chi connectivity index (χ0n) is 18.5. The standard InChI is InChI=1S/C20H20N3O2S.CH4O4S/c1-11-12(2)26-20(22(11)5)23-18(24)14-8-6-7-13-16(21(3)4)10-9-15(17(13)14)19(23)25;1-5-6(2,3)4/h6-10H,1-5H3;1H3,(H,2,3,4)/q+1;/p-1. The summed E-state index contributed by atoms with van der Waals surface area (Å²) in [5.41, 5.74) is 1.52. The average molecular weight is 478 g/mol. The summed E-state index contributed by atoms with van der Waals surface area (Å²) >= 11 is 1.47. The number of aromatic nitrogens is 2. The molecule has 0 aliphatic carbocycles. The van der Waals surface area contributed by atoms with Gasteiger partial charge in [-0.25, -0.2) is 22.6 Å². The summed E-state index contributed by atoms with van der Waals surface area (Å²) in [5, 5.41) is 2.82. The van der Waals surface area contributed by atoms with E-state index in [0.717, 1.165) is 34.1 Å². The van der Waals surface area contributed by atoms with E-state index in [9.17, 15) is 22.6 Å². The molecular formula is C21H23N3O6S2. The molecule has 2 heterocycles. The first-order chi connectivity index (χ1) is 14.9. The van der Waals surface area contributed by atoms with Gasteiger partial charge in [0.2, 0.25) is 10.4 Å². The highest BCUT2D eigenvalue weighted by molar-refractivity contribution is 7.80. The largest absolute Gasteiger partial charge is 0.726 e. The first-order valence-corrected chi connectivity index (χ1v) is 11.6. The van der Waals surface area contributed by atoms with Gasteiger partial charge in [-0.05, 0) is 32.0 Å². The Balaban J connectivity index is 0.000000427. The molecule has 2 aromatic heterocycles. The van der Waals surface area contributed by atoms with Crippen LogP contribution in [-0.2, 0) is 21.6 Å². The highest BCUT2D eigenvalue weighted by Gasteiger charge is 2.20. The average Bonchev–Trinajstić information content (AvgIpc) is 2.98. The quantitative estimate of drug-likeness (QED) is 0.244. The summed E-state index contributed by atoms with van der Waals surface area (Å²) in [6.45, 7) is 3.99. The monoisotopic (exact) mass is 477 g/mol. The Kier molecular flexibility index (Phi) is 6.38. The van der Waals surface area contributed by atoms with Crippen molar-refractivity contribution >= 4 is 49.0 Å². The van der Waals surface area contributed by atoms with E-state index in [2.05, 4.69) is 4.18 Å². The molecule has 0 N–H and O–H groups in total. The molecule has 0 aliphatic rings. The predicted molar refractivity (Wildman–Crippen MR) is 123 cm³/mol. The highest BCUT2D eigenvalue weighted by atomic mass is 32.3. The van der Waals surface area contributed by atoms with Gasteiger partial charge in [0.15, 0.2) is 0 Å². The van der Waals surface area contributed by atoms with Crippen LogP contribution in [0, 0.1) is 18.6 Å². The lowest BCUT2D eigenvalue weighted by atomic mass is 10.0. The van der Waals surface area contributed by atoms with E-state index >= 15 is 0 Å². The second-order valence-electron chi connectivity index (χ2n) is 7.36. The molecule has 4 rings (SSSR count). The molecule has 0 saturated carbocycles. The highest BCUT2D eigenvalue weighted by Crippen LogP contribution is 2.30. The van der Waals surface area contributed by atoms with Crippen LogP contribution in [0.15, 0.2) is 39.9 Å². The number of hydrogen-bond acceptors (Lipinski definition) is 8. The van der Waals surface area contributed by atoms with Gasteiger partial charge >= 0.3 is 15.9 Å². The van der Waals surface area contributed by atoms with Crippen molar-refractivity contribution < 1.29 is 21.4 Å². The topological polar surface area (TPSA) is 115 Å². The van der Waals surface area contributed by atoms with Crippen LogP contribution in [0.5, 0.6) is 0 Å². The molecule has 170 valence electrons. The number of pyridine rings is 1. The Hall–Kier alpha value is -2.86. The predicted octanol–water partition coefficient (Wildman–Crippen LogP) is 1.41. The van der Waals surface area contributed by atoms with Gasteiger partial charge in [-0.15, -0.1) is 4.24 Å². The van der Waals surface area contributed by atoms with Crippen LogP contribution in [-0.4, -0.2) is 38.7 Å². The van der Waals surface area contributed by atoms with E-state index in [1.165, 1.54) is 15.6 Å². The minimum absolute atomic E-state index is 0.263. The summed E-state index contributed by atoms with van der Waals surface area (Å²) in [7, 11) is 2.20. The SMILES string of the molecule is COS(=O)(=O)[O-].Cc1sc(=[n+]2c(=O)c3cccc4c(N(C)C)ccc(c2=O)c43)n(C)c1C. The van der Waals surface area contributed by atoms with Crippen molar-refractivity contribution in [3.05, 3.63) is 66.4 Å².